The topological polar surface area (TPSA) is 26.0 Å². The molecule has 0 amide bonds. The molecule has 1 rings (SSSR count). The van der Waals surface area contributed by atoms with Crippen LogP contribution in [0.1, 0.15) is 38.7 Å². The zero-order valence-corrected chi connectivity index (χ0v) is 10.7. The van der Waals surface area contributed by atoms with Crippen LogP contribution in [0.5, 0.6) is 0 Å². The van der Waals surface area contributed by atoms with Gasteiger partial charge in [-0.1, -0.05) is 57.0 Å². The van der Waals surface area contributed by atoms with Gasteiger partial charge in [-0.3, -0.25) is 0 Å². The van der Waals surface area contributed by atoms with Gasteiger partial charge in [0, 0.05) is 0 Å². The van der Waals surface area contributed by atoms with Gasteiger partial charge in [0.1, 0.15) is 0 Å². The second-order valence-electron chi connectivity index (χ2n) is 4.92. The first kappa shape index (κ1) is 13.2. The molecule has 0 aromatic heterocycles. The van der Waals surface area contributed by atoms with Crippen LogP contribution >= 0.6 is 0 Å². The first-order valence-electron chi connectivity index (χ1n) is 6.50. The Morgan fingerprint density at radius 1 is 1.19 bits per heavy atom. The summed E-state index contributed by atoms with van der Waals surface area (Å²) in [6.07, 6.45) is 5.00. The third kappa shape index (κ3) is 4.80. The average molecular weight is 219 g/mol. The van der Waals surface area contributed by atoms with Crippen molar-refractivity contribution in [1.29, 1.82) is 0 Å². The van der Waals surface area contributed by atoms with Crippen molar-refractivity contribution in [2.75, 3.05) is 6.54 Å². The number of hydrogen-bond donors (Lipinski definition) is 1. The standard InChI is InChI=1S/C15H25N/c1-3-7-13(2)10-15(12-16)11-14-8-5-4-6-9-14/h4-6,8-9,13,15H,3,7,10-12,16H2,1-2H3. The lowest BCUT2D eigenvalue weighted by atomic mass is 9.88. The molecule has 2 atom stereocenters. The predicted octanol–water partition coefficient (Wildman–Crippen LogP) is 3.63. The summed E-state index contributed by atoms with van der Waals surface area (Å²) < 4.78 is 0. The molecule has 0 fully saturated rings. The van der Waals surface area contributed by atoms with E-state index < -0.39 is 0 Å². The maximum absolute atomic E-state index is 5.87. The number of benzene rings is 1. The Morgan fingerprint density at radius 3 is 2.44 bits per heavy atom. The van der Waals surface area contributed by atoms with Crippen molar-refractivity contribution >= 4 is 0 Å². The van der Waals surface area contributed by atoms with E-state index in [0.29, 0.717) is 5.92 Å². The van der Waals surface area contributed by atoms with Crippen LogP contribution in [0.15, 0.2) is 30.3 Å². The van der Waals surface area contributed by atoms with Gasteiger partial charge in [0.25, 0.3) is 0 Å². The highest BCUT2D eigenvalue weighted by molar-refractivity contribution is 5.15. The molecule has 0 heterocycles. The van der Waals surface area contributed by atoms with Crippen molar-refractivity contribution in [2.24, 2.45) is 17.6 Å². The van der Waals surface area contributed by atoms with E-state index in [4.69, 9.17) is 5.73 Å². The summed E-state index contributed by atoms with van der Waals surface area (Å²) in [4.78, 5) is 0. The second-order valence-corrected chi connectivity index (χ2v) is 4.92. The smallest absolute Gasteiger partial charge is 0.00456 e. The van der Waals surface area contributed by atoms with Crippen molar-refractivity contribution < 1.29 is 0 Å². The maximum atomic E-state index is 5.87. The van der Waals surface area contributed by atoms with E-state index in [2.05, 4.69) is 44.2 Å². The van der Waals surface area contributed by atoms with E-state index in [1.54, 1.807) is 0 Å². The van der Waals surface area contributed by atoms with Gasteiger partial charge in [-0.15, -0.1) is 0 Å². The van der Waals surface area contributed by atoms with Crippen LogP contribution in [0.25, 0.3) is 0 Å². The minimum absolute atomic E-state index is 0.643. The van der Waals surface area contributed by atoms with Gasteiger partial charge < -0.3 is 5.73 Å². The molecule has 90 valence electrons. The van der Waals surface area contributed by atoms with Crippen LogP contribution in [-0.2, 0) is 6.42 Å². The summed E-state index contributed by atoms with van der Waals surface area (Å²) in [7, 11) is 0. The van der Waals surface area contributed by atoms with Crippen molar-refractivity contribution in [3.8, 4) is 0 Å². The molecule has 0 aliphatic rings. The van der Waals surface area contributed by atoms with Crippen molar-refractivity contribution in [3.63, 3.8) is 0 Å². The predicted molar refractivity (Wildman–Crippen MR) is 71.4 cm³/mol. The molecule has 0 saturated heterocycles. The summed E-state index contributed by atoms with van der Waals surface area (Å²) >= 11 is 0. The molecule has 1 nitrogen and oxygen atoms in total. The Morgan fingerprint density at radius 2 is 1.88 bits per heavy atom. The molecule has 0 spiro atoms. The van der Waals surface area contributed by atoms with Gasteiger partial charge in [-0.05, 0) is 36.8 Å². The molecule has 1 aromatic rings. The third-order valence-electron chi connectivity index (χ3n) is 3.22. The maximum Gasteiger partial charge on any atom is -0.00456 e. The normalized spacial score (nSPS) is 14.7. The van der Waals surface area contributed by atoms with E-state index in [1.807, 2.05) is 0 Å². The Kier molecular flexibility index (Phi) is 6.17. The van der Waals surface area contributed by atoms with Crippen LogP contribution in [-0.4, -0.2) is 6.54 Å². The molecule has 0 saturated carbocycles. The fraction of sp³-hybridized carbons (Fsp3) is 0.600. The number of nitrogens with two attached hydrogens (primary N) is 1. The van der Waals surface area contributed by atoms with Gasteiger partial charge in [-0.25, -0.2) is 0 Å². The lowest BCUT2D eigenvalue weighted by Gasteiger charge is -2.19. The molecular formula is C15H25N. The number of rotatable bonds is 7. The molecule has 1 aromatic carbocycles. The molecule has 1 heteroatoms. The van der Waals surface area contributed by atoms with Crippen LogP contribution in [0, 0.1) is 11.8 Å². The average Bonchev–Trinajstić information content (AvgIpc) is 2.30. The van der Waals surface area contributed by atoms with E-state index in [9.17, 15) is 0 Å². The Labute approximate surface area is 100 Å². The van der Waals surface area contributed by atoms with Crippen molar-refractivity contribution in [3.05, 3.63) is 35.9 Å². The summed E-state index contributed by atoms with van der Waals surface area (Å²) in [5, 5.41) is 0. The Balaban J connectivity index is 2.43. The molecular weight excluding hydrogens is 194 g/mol. The zero-order valence-electron chi connectivity index (χ0n) is 10.7. The van der Waals surface area contributed by atoms with Crippen LogP contribution in [0.3, 0.4) is 0 Å². The van der Waals surface area contributed by atoms with E-state index in [-0.39, 0.29) is 0 Å². The van der Waals surface area contributed by atoms with E-state index >= 15 is 0 Å². The summed E-state index contributed by atoms with van der Waals surface area (Å²) in [6, 6.07) is 10.7. The summed E-state index contributed by atoms with van der Waals surface area (Å²) in [6.45, 7) is 5.41. The molecule has 0 radical (unpaired) electrons. The molecule has 16 heavy (non-hydrogen) atoms. The van der Waals surface area contributed by atoms with Crippen LogP contribution in [0.2, 0.25) is 0 Å². The number of hydrogen-bond acceptors (Lipinski definition) is 1. The first-order valence-corrected chi connectivity index (χ1v) is 6.50. The minimum atomic E-state index is 0.643. The van der Waals surface area contributed by atoms with Gasteiger partial charge in [-0.2, -0.15) is 0 Å². The first-order chi connectivity index (χ1) is 7.76. The largest absolute Gasteiger partial charge is 0.330 e. The Hall–Kier alpha value is -0.820. The molecule has 0 bridgehead atoms. The molecule has 2 N–H and O–H groups in total. The monoisotopic (exact) mass is 219 g/mol. The Bertz CT molecular complexity index is 268. The minimum Gasteiger partial charge on any atom is -0.330 e. The summed E-state index contributed by atoms with van der Waals surface area (Å²) in [5.41, 5.74) is 7.28. The van der Waals surface area contributed by atoms with E-state index in [1.165, 1.54) is 24.8 Å². The third-order valence-corrected chi connectivity index (χ3v) is 3.22. The zero-order chi connectivity index (χ0) is 11.8. The summed E-state index contributed by atoms with van der Waals surface area (Å²) in [5.74, 6) is 1.45. The SMILES string of the molecule is CCCC(C)CC(CN)Cc1ccccc1. The van der Waals surface area contributed by atoms with E-state index in [0.717, 1.165) is 18.9 Å². The lowest BCUT2D eigenvalue weighted by molar-refractivity contribution is 0.375. The van der Waals surface area contributed by atoms with Gasteiger partial charge >= 0.3 is 0 Å². The van der Waals surface area contributed by atoms with Crippen molar-refractivity contribution in [1.82, 2.24) is 0 Å². The highest BCUT2D eigenvalue weighted by Gasteiger charge is 2.11. The van der Waals surface area contributed by atoms with Gasteiger partial charge in [0.2, 0.25) is 0 Å². The fourth-order valence-corrected chi connectivity index (χ4v) is 2.39. The van der Waals surface area contributed by atoms with Crippen LogP contribution < -0.4 is 5.73 Å². The fourth-order valence-electron chi connectivity index (χ4n) is 2.39. The molecule has 0 aliphatic heterocycles. The highest BCUT2D eigenvalue weighted by Crippen LogP contribution is 2.19. The van der Waals surface area contributed by atoms with Gasteiger partial charge in [0.05, 0.1) is 0 Å². The quantitative estimate of drug-likeness (QED) is 0.744. The highest BCUT2D eigenvalue weighted by atomic mass is 14.5. The lowest BCUT2D eigenvalue weighted by Crippen LogP contribution is -2.19. The molecule has 2 unspecified atom stereocenters. The molecule has 0 aliphatic carbocycles. The van der Waals surface area contributed by atoms with Crippen molar-refractivity contribution in [2.45, 2.75) is 39.5 Å². The second kappa shape index (κ2) is 7.45. The van der Waals surface area contributed by atoms with Gasteiger partial charge in [0.15, 0.2) is 0 Å². The van der Waals surface area contributed by atoms with Crippen LogP contribution in [0.4, 0.5) is 0 Å².